The van der Waals surface area contributed by atoms with Gasteiger partial charge in [-0.05, 0) is 73.2 Å². The van der Waals surface area contributed by atoms with Crippen molar-refractivity contribution < 1.29 is 66.5 Å². The lowest BCUT2D eigenvalue weighted by Crippen LogP contribution is -2.36. The topological polar surface area (TPSA) is 208 Å². The lowest BCUT2D eigenvalue weighted by Gasteiger charge is -2.17. The second-order valence-electron chi connectivity index (χ2n) is 12.7. The highest BCUT2D eigenvalue weighted by Gasteiger charge is 2.51. The summed E-state index contributed by atoms with van der Waals surface area (Å²) in [6.45, 7) is 6.17. The maximum absolute atomic E-state index is 13.1. The lowest BCUT2D eigenvalue weighted by atomic mass is 10.1. The Morgan fingerprint density at radius 3 is 1.57 bits per heavy atom. The van der Waals surface area contributed by atoms with Crippen LogP contribution >= 0.6 is 0 Å². The summed E-state index contributed by atoms with van der Waals surface area (Å²) in [5, 5.41) is 19.6. The minimum absolute atomic E-state index is 0.0767. The molecule has 58 heavy (non-hydrogen) atoms. The lowest BCUT2D eigenvalue weighted by molar-refractivity contribution is -0.150. The second-order valence-corrected chi connectivity index (χ2v) is 12.7. The Labute approximate surface area is 336 Å². The van der Waals surface area contributed by atoms with Gasteiger partial charge in [-0.2, -0.15) is 10.5 Å². The van der Waals surface area contributed by atoms with Crippen LogP contribution in [0, 0.1) is 22.7 Å². The number of carbonyl (C=O) groups is 4. The average Bonchev–Trinajstić information content (AvgIpc) is 3.83. The molecule has 2 fully saturated rings. The molecule has 2 heterocycles. The number of hydrogen-bond acceptors (Lipinski definition) is 16. The summed E-state index contributed by atoms with van der Waals surface area (Å²) in [7, 11) is 2.92. The number of fused-ring (bicyclic) bond motifs is 1. The molecule has 0 bridgehead atoms. The summed E-state index contributed by atoms with van der Waals surface area (Å²) in [4.78, 5) is 48.6. The van der Waals surface area contributed by atoms with E-state index < -0.39 is 42.3 Å². The van der Waals surface area contributed by atoms with Crippen LogP contribution in [0.4, 0.5) is 0 Å². The van der Waals surface area contributed by atoms with Crippen LogP contribution in [0.15, 0.2) is 60.2 Å². The van der Waals surface area contributed by atoms with E-state index in [2.05, 4.69) is 6.58 Å². The molecule has 308 valence electrons. The number of benzene rings is 2. The van der Waals surface area contributed by atoms with E-state index in [9.17, 15) is 29.7 Å². The summed E-state index contributed by atoms with van der Waals surface area (Å²) in [5.74, 6) is -0.888. The first-order chi connectivity index (χ1) is 28.1. The van der Waals surface area contributed by atoms with Crippen molar-refractivity contribution in [1.29, 1.82) is 10.5 Å². The van der Waals surface area contributed by atoms with Crippen LogP contribution in [-0.4, -0.2) is 102 Å². The second kappa shape index (κ2) is 23.0. The molecule has 2 aromatic rings. The molecule has 2 aliphatic rings. The number of rotatable bonds is 22. The van der Waals surface area contributed by atoms with Gasteiger partial charge in [0.15, 0.2) is 35.2 Å². The Morgan fingerprint density at radius 1 is 0.707 bits per heavy atom. The predicted molar refractivity (Wildman–Crippen MR) is 204 cm³/mol. The van der Waals surface area contributed by atoms with Crippen LogP contribution in [0.2, 0.25) is 0 Å². The largest absolute Gasteiger partial charge is 0.493 e. The third kappa shape index (κ3) is 12.8. The van der Waals surface area contributed by atoms with Crippen LogP contribution in [0.3, 0.4) is 0 Å². The predicted octanol–water partition coefficient (Wildman–Crippen LogP) is 4.84. The number of hydrogen-bond donors (Lipinski definition) is 0. The van der Waals surface area contributed by atoms with E-state index in [1.54, 1.807) is 43.3 Å². The number of nitrogens with zero attached hydrogens (tertiary/aromatic N) is 2. The molecule has 4 rings (SSSR count). The molecule has 1 unspecified atom stereocenters. The zero-order valence-corrected chi connectivity index (χ0v) is 32.6. The standard InChI is InChI=1S/C42H46N2O14/c1-5-37(45)53-17-9-7-15-51-31-13-11-27(21-33(31)49-3)19-29(23-43)41(47)57-35-25-55-40-36(26-56-39(35)40)58-42(48)30(24-44)20-28-12-14-32(34(22-28)50-4)52-16-8-10-18-54-38(46)6-2/h5,11-14,19-22,35-36,39-40H,1,6-10,15-18,25-26H2,2-4H3/b29-19+,30-20+/t35-,36+,39?,40+/m0/s1. The smallest absolute Gasteiger partial charge is 0.349 e. The molecular formula is C42H46N2O14. The Kier molecular flexibility index (Phi) is 17.6. The van der Waals surface area contributed by atoms with E-state index >= 15 is 0 Å². The van der Waals surface area contributed by atoms with Gasteiger partial charge < -0.3 is 47.4 Å². The van der Waals surface area contributed by atoms with Crippen molar-refractivity contribution in [3.63, 3.8) is 0 Å². The number of methoxy groups -OCH3 is 2. The van der Waals surface area contributed by atoms with Crippen LogP contribution in [-0.2, 0) is 47.6 Å². The first kappa shape index (κ1) is 44.4. The van der Waals surface area contributed by atoms with Crippen LogP contribution in [0.25, 0.3) is 12.2 Å². The van der Waals surface area contributed by atoms with Crippen molar-refractivity contribution in [3.05, 3.63) is 71.3 Å². The minimum Gasteiger partial charge on any atom is -0.493 e. The highest BCUT2D eigenvalue weighted by molar-refractivity contribution is 5.98. The molecule has 0 N–H and O–H groups in total. The third-order valence-electron chi connectivity index (χ3n) is 8.71. The average molecular weight is 803 g/mol. The monoisotopic (exact) mass is 802 g/mol. The minimum atomic E-state index is -0.909. The van der Waals surface area contributed by atoms with Crippen LogP contribution in [0.1, 0.15) is 50.2 Å². The Hall–Kier alpha value is -6.36. The molecule has 0 aromatic heterocycles. The summed E-state index contributed by atoms with van der Waals surface area (Å²) in [5.41, 5.74) is 0.379. The van der Waals surface area contributed by atoms with E-state index in [1.165, 1.54) is 26.4 Å². The van der Waals surface area contributed by atoms with Crippen molar-refractivity contribution in [3.8, 4) is 35.1 Å². The fourth-order valence-corrected chi connectivity index (χ4v) is 5.72. The quantitative estimate of drug-likeness (QED) is 0.0513. The third-order valence-corrected chi connectivity index (χ3v) is 8.71. The molecule has 2 aliphatic heterocycles. The van der Waals surface area contributed by atoms with Gasteiger partial charge in [-0.3, -0.25) is 4.79 Å². The molecule has 4 atom stereocenters. The Bertz CT molecular complexity index is 1930. The first-order valence-electron chi connectivity index (χ1n) is 18.6. The number of unbranched alkanes of at least 4 members (excludes halogenated alkanes) is 2. The first-order valence-corrected chi connectivity index (χ1v) is 18.6. The maximum atomic E-state index is 13.1. The molecule has 0 spiro atoms. The molecule has 0 radical (unpaired) electrons. The van der Waals surface area contributed by atoms with E-state index in [0.29, 0.717) is 86.0 Å². The van der Waals surface area contributed by atoms with E-state index in [4.69, 9.17) is 47.4 Å². The van der Waals surface area contributed by atoms with Crippen LogP contribution < -0.4 is 18.9 Å². The van der Waals surface area contributed by atoms with Gasteiger partial charge in [0.05, 0.1) is 53.9 Å². The van der Waals surface area contributed by atoms with Gasteiger partial charge >= 0.3 is 23.9 Å². The summed E-state index contributed by atoms with van der Waals surface area (Å²) in [6.07, 6.45) is 3.24. The van der Waals surface area contributed by atoms with Crippen molar-refractivity contribution in [2.45, 2.75) is 63.4 Å². The Morgan fingerprint density at radius 2 is 1.16 bits per heavy atom. The highest BCUT2D eigenvalue weighted by Crippen LogP contribution is 2.33. The highest BCUT2D eigenvalue weighted by atomic mass is 16.7. The van der Waals surface area contributed by atoms with Gasteiger partial charge in [0.25, 0.3) is 0 Å². The van der Waals surface area contributed by atoms with E-state index in [1.807, 2.05) is 12.1 Å². The van der Waals surface area contributed by atoms with Crippen molar-refractivity contribution >= 4 is 36.0 Å². The number of nitriles is 2. The van der Waals surface area contributed by atoms with Gasteiger partial charge in [-0.25, -0.2) is 14.4 Å². The zero-order chi connectivity index (χ0) is 41.9. The SMILES string of the molecule is C=CC(=O)OCCCCOc1ccc(/C=C(\C#N)C(=O)O[C@H]2CO[C@H]3C2OC[C@H]3OC(=O)/C(C#N)=C/c2ccc(OCCCCOC(=O)CC)c(OC)c2)cc1OC. The molecule has 16 nitrogen and oxygen atoms in total. The normalized spacial score (nSPS) is 18.4. The summed E-state index contributed by atoms with van der Waals surface area (Å²) in [6, 6.07) is 13.5. The summed E-state index contributed by atoms with van der Waals surface area (Å²) >= 11 is 0. The van der Waals surface area contributed by atoms with Gasteiger partial charge in [0, 0.05) is 12.5 Å². The fraction of sp³-hybridized carbons (Fsp3) is 0.429. The van der Waals surface area contributed by atoms with Crippen molar-refractivity contribution in [2.24, 2.45) is 0 Å². The van der Waals surface area contributed by atoms with E-state index in [0.717, 1.165) is 6.08 Å². The molecular weight excluding hydrogens is 756 g/mol. The van der Waals surface area contributed by atoms with Crippen LogP contribution in [0.5, 0.6) is 23.0 Å². The van der Waals surface area contributed by atoms with E-state index in [-0.39, 0.29) is 36.9 Å². The Balaban J connectivity index is 1.29. The maximum Gasteiger partial charge on any atom is 0.349 e. The molecule has 0 aliphatic carbocycles. The van der Waals surface area contributed by atoms with Gasteiger partial charge in [0.1, 0.15) is 35.5 Å². The zero-order valence-electron chi connectivity index (χ0n) is 32.6. The molecule has 2 saturated heterocycles. The van der Waals surface area contributed by atoms with Gasteiger partial charge in [-0.1, -0.05) is 25.6 Å². The van der Waals surface area contributed by atoms with Gasteiger partial charge in [0.2, 0.25) is 0 Å². The molecule has 2 aromatic carbocycles. The van der Waals surface area contributed by atoms with Crippen molar-refractivity contribution in [1.82, 2.24) is 0 Å². The molecule has 0 amide bonds. The summed E-state index contributed by atoms with van der Waals surface area (Å²) < 4.78 is 55.3. The molecule has 0 saturated carbocycles. The fourth-order valence-electron chi connectivity index (χ4n) is 5.72. The number of ether oxygens (including phenoxy) is 10. The van der Waals surface area contributed by atoms with Crippen molar-refractivity contribution in [2.75, 3.05) is 53.9 Å². The number of carbonyl (C=O) groups excluding carboxylic acids is 4. The number of esters is 4. The molecule has 16 heteroatoms. The van der Waals surface area contributed by atoms with Gasteiger partial charge in [-0.15, -0.1) is 0 Å².